The van der Waals surface area contributed by atoms with E-state index in [9.17, 15) is 4.79 Å². The van der Waals surface area contributed by atoms with Crippen molar-refractivity contribution in [2.24, 2.45) is 0 Å². The standard InChI is InChI=1S/C17H23NO/c1-13(19)18-16-9-12-17(10-5-2-6-11-17)15-8-4-3-7-14(15)16/h3-4,7-8,16H,2,5-6,9-12H2,1H3,(H,18,19)/t16-/m0/s1. The largest absolute Gasteiger partial charge is 0.350 e. The number of carbonyl (C=O) groups is 1. The van der Waals surface area contributed by atoms with Gasteiger partial charge in [-0.05, 0) is 42.2 Å². The minimum atomic E-state index is 0.0828. The SMILES string of the molecule is CC(=O)N[C@H]1CCC2(CCCCC2)c2ccccc21. The van der Waals surface area contributed by atoms with E-state index in [-0.39, 0.29) is 11.9 Å². The molecular formula is C17H23NO. The predicted octanol–water partition coefficient (Wildman–Crippen LogP) is 3.86. The zero-order valence-corrected chi connectivity index (χ0v) is 11.7. The van der Waals surface area contributed by atoms with Gasteiger partial charge in [0.15, 0.2) is 0 Å². The number of nitrogens with one attached hydrogen (secondary N) is 1. The summed E-state index contributed by atoms with van der Waals surface area (Å²) in [5.74, 6) is 0.0828. The maximum Gasteiger partial charge on any atom is 0.217 e. The lowest BCUT2D eigenvalue weighted by Gasteiger charge is -2.44. The average Bonchev–Trinajstić information content (AvgIpc) is 2.43. The molecule has 1 spiro atoms. The van der Waals surface area contributed by atoms with Crippen molar-refractivity contribution < 1.29 is 4.79 Å². The van der Waals surface area contributed by atoms with Gasteiger partial charge in [-0.15, -0.1) is 0 Å². The highest BCUT2D eigenvalue weighted by Gasteiger charge is 2.40. The van der Waals surface area contributed by atoms with Crippen molar-refractivity contribution in [3.63, 3.8) is 0 Å². The summed E-state index contributed by atoms with van der Waals surface area (Å²) in [7, 11) is 0. The van der Waals surface area contributed by atoms with Gasteiger partial charge in [0.2, 0.25) is 5.91 Å². The van der Waals surface area contributed by atoms with E-state index in [4.69, 9.17) is 0 Å². The Labute approximate surface area is 115 Å². The van der Waals surface area contributed by atoms with Gasteiger partial charge in [-0.3, -0.25) is 4.79 Å². The third kappa shape index (κ3) is 2.29. The van der Waals surface area contributed by atoms with Gasteiger partial charge >= 0.3 is 0 Å². The van der Waals surface area contributed by atoms with Crippen LogP contribution in [0, 0.1) is 0 Å². The van der Waals surface area contributed by atoms with Gasteiger partial charge in [0.1, 0.15) is 0 Å². The fourth-order valence-corrected chi connectivity index (χ4v) is 4.14. The molecule has 1 atom stereocenters. The van der Waals surface area contributed by atoms with Crippen LogP contribution in [-0.2, 0) is 10.2 Å². The van der Waals surface area contributed by atoms with Crippen LogP contribution in [0.25, 0.3) is 0 Å². The Morgan fingerprint density at radius 1 is 1.16 bits per heavy atom. The number of benzene rings is 1. The highest BCUT2D eigenvalue weighted by Crippen LogP contribution is 2.49. The molecule has 0 saturated heterocycles. The van der Waals surface area contributed by atoms with Crippen molar-refractivity contribution in [1.82, 2.24) is 5.32 Å². The smallest absolute Gasteiger partial charge is 0.217 e. The van der Waals surface area contributed by atoms with Gasteiger partial charge in [-0.1, -0.05) is 43.5 Å². The molecule has 19 heavy (non-hydrogen) atoms. The molecule has 3 rings (SSSR count). The summed E-state index contributed by atoms with van der Waals surface area (Å²) < 4.78 is 0. The molecule has 1 aromatic rings. The molecule has 0 aliphatic heterocycles. The molecular weight excluding hydrogens is 234 g/mol. The topological polar surface area (TPSA) is 29.1 Å². The molecule has 2 aliphatic rings. The Kier molecular flexibility index (Phi) is 3.34. The van der Waals surface area contributed by atoms with E-state index < -0.39 is 0 Å². The van der Waals surface area contributed by atoms with E-state index in [0.29, 0.717) is 5.41 Å². The van der Waals surface area contributed by atoms with Gasteiger partial charge in [0.05, 0.1) is 6.04 Å². The first-order chi connectivity index (χ1) is 9.21. The van der Waals surface area contributed by atoms with E-state index in [1.165, 1.54) is 49.7 Å². The monoisotopic (exact) mass is 257 g/mol. The predicted molar refractivity (Wildman–Crippen MR) is 77.0 cm³/mol. The number of hydrogen-bond acceptors (Lipinski definition) is 1. The van der Waals surface area contributed by atoms with Gasteiger partial charge in [0.25, 0.3) is 0 Å². The summed E-state index contributed by atoms with van der Waals surface area (Å²) in [5, 5.41) is 3.12. The highest BCUT2D eigenvalue weighted by atomic mass is 16.1. The minimum absolute atomic E-state index is 0.0828. The summed E-state index contributed by atoms with van der Waals surface area (Å²) >= 11 is 0. The molecule has 1 N–H and O–H groups in total. The van der Waals surface area contributed by atoms with Gasteiger partial charge in [-0.2, -0.15) is 0 Å². The summed E-state index contributed by atoms with van der Waals surface area (Å²) in [4.78, 5) is 11.4. The van der Waals surface area contributed by atoms with Crippen molar-refractivity contribution in [3.8, 4) is 0 Å². The molecule has 102 valence electrons. The van der Waals surface area contributed by atoms with Crippen LogP contribution in [0.15, 0.2) is 24.3 Å². The zero-order valence-electron chi connectivity index (χ0n) is 11.7. The molecule has 1 amide bonds. The Bertz CT molecular complexity index is 474. The van der Waals surface area contributed by atoms with Crippen molar-refractivity contribution >= 4 is 5.91 Å². The first-order valence-electron chi connectivity index (χ1n) is 7.58. The van der Waals surface area contributed by atoms with Crippen LogP contribution in [-0.4, -0.2) is 5.91 Å². The Balaban J connectivity index is 1.97. The van der Waals surface area contributed by atoms with Crippen LogP contribution in [0.3, 0.4) is 0 Å². The zero-order chi connectivity index (χ0) is 13.3. The van der Waals surface area contributed by atoms with Crippen LogP contribution in [0.2, 0.25) is 0 Å². The summed E-state index contributed by atoms with van der Waals surface area (Å²) in [6, 6.07) is 9.00. The molecule has 1 fully saturated rings. The van der Waals surface area contributed by atoms with Crippen molar-refractivity contribution in [3.05, 3.63) is 35.4 Å². The lowest BCUT2D eigenvalue weighted by atomic mass is 9.61. The van der Waals surface area contributed by atoms with E-state index in [2.05, 4.69) is 29.6 Å². The summed E-state index contributed by atoms with van der Waals surface area (Å²) in [5.41, 5.74) is 3.29. The van der Waals surface area contributed by atoms with Crippen LogP contribution in [0.5, 0.6) is 0 Å². The normalized spacial score (nSPS) is 24.8. The Morgan fingerprint density at radius 2 is 1.89 bits per heavy atom. The van der Waals surface area contributed by atoms with Gasteiger partial charge < -0.3 is 5.32 Å². The molecule has 0 heterocycles. The maximum absolute atomic E-state index is 11.4. The molecule has 1 saturated carbocycles. The second kappa shape index (κ2) is 4.99. The molecule has 2 heteroatoms. The average molecular weight is 257 g/mol. The van der Waals surface area contributed by atoms with Gasteiger partial charge in [-0.25, -0.2) is 0 Å². The van der Waals surface area contributed by atoms with E-state index in [1.54, 1.807) is 6.92 Å². The van der Waals surface area contributed by atoms with Crippen LogP contribution in [0.4, 0.5) is 0 Å². The highest BCUT2D eigenvalue weighted by molar-refractivity contribution is 5.73. The molecule has 0 aromatic heterocycles. The Morgan fingerprint density at radius 3 is 2.63 bits per heavy atom. The number of carbonyl (C=O) groups excluding carboxylic acids is 1. The Hall–Kier alpha value is -1.31. The first kappa shape index (κ1) is 12.7. The number of fused-ring (bicyclic) bond motifs is 2. The molecule has 0 unspecified atom stereocenters. The van der Waals surface area contributed by atoms with Gasteiger partial charge in [0, 0.05) is 6.92 Å². The third-order valence-electron chi connectivity index (χ3n) is 5.01. The number of hydrogen-bond donors (Lipinski definition) is 1. The minimum Gasteiger partial charge on any atom is -0.350 e. The van der Waals surface area contributed by atoms with Crippen LogP contribution in [0.1, 0.15) is 69.0 Å². The molecule has 2 aliphatic carbocycles. The van der Waals surface area contributed by atoms with Crippen molar-refractivity contribution in [1.29, 1.82) is 0 Å². The number of rotatable bonds is 1. The number of amides is 1. The summed E-state index contributed by atoms with van der Waals surface area (Å²) in [6.45, 7) is 1.62. The quantitative estimate of drug-likeness (QED) is 0.813. The molecule has 1 aromatic carbocycles. The van der Waals surface area contributed by atoms with Crippen LogP contribution >= 0.6 is 0 Å². The molecule has 0 bridgehead atoms. The second-order valence-corrected chi connectivity index (χ2v) is 6.22. The van der Waals surface area contributed by atoms with Crippen LogP contribution < -0.4 is 5.32 Å². The van der Waals surface area contributed by atoms with E-state index in [0.717, 1.165) is 6.42 Å². The second-order valence-electron chi connectivity index (χ2n) is 6.22. The molecule has 0 radical (unpaired) electrons. The molecule has 2 nitrogen and oxygen atoms in total. The fraction of sp³-hybridized carbons (Fsp3) is 0.588. The fourth-order valence-electron chi connectivity index (χ4n) is 4.14. The summed E-state index contributed by atoms with van der Waals surface area (Å²) in [6.07, 6.45) is 9.09. The third-order valence-corrected chi connectivity index (χ3v) is 5.01. The van der Waals surface area contributed by atoms with Crippen molar-refractivity contribution in [2.45, 2.75) is 63.3 Å². The lowest BCUT2D eigenvalue weighted by molar-refractivity contribution is -0.119. The maximum atomic E-state index is 11.4. The van der Waals surface area contributed by atoms with Crippen molar-refractivity contribution in [2.75, 3.05) is 0 Å². The lowest BCUT2D eigenvalue weighted by Crippen LogP contribution is -2.38. The first-order valence-corrected chi connectivity index (χ1v) is 7.58. The van der Waals surface area contributed by atoms with E-state index in [1.807, 2.05) is 0 Å². The van der Waals surface area contributed by atoms with E-state index >= 15 is 0 Å².